The molecule has 0 amide bonds. The lowest BCUT2D eigenvalue weighted by atomic mass is 9.81. The predicted molar refractivity (Wildman–Crippen MR) is 42.9 cm³/mol. The zero-order chi connectivity index (χ0) is 8.65. The van der Waals surface area contributed by atoms with Crippen LogP contribution >= 0.6 is 0 Å². The summed E-state index contributed by atoms with van der Waals surface area (Å²) in [7, 11) is 1.66. The third-order valence-electron chi connectivity index (χ3n) is 2.88. The minimum atomic E-state index is -0.435. The van der Waals surface area contributed by atoms with Gasteiger partial charge in [0.05, 0.1) is 0 Å². The Morgan fingerprint density at radius 3 is 2.18 bits per heavy atom. The minimum Gasteiger partial charge on any atom is -0.378 e. The highest BCUT2D eigenvalue weighted by Gasteiger charge is 2.45. The van der Waals surface area contributed by atoms with Crippen LogP contribution in [0.15, 0.2) is 0 Å². The average Bonchev–Trinajstić information content (AvgIpc) is 2.13. The van der Waals surface area contributed by atoms with Crippen LogP contribution in [0.4, 0.5) is 0 Å². The van der Waals surface area contributed by atoms with Crippen molar-refractivity contribution >= 4 is 0 Å². The zero-order valence-electron chi connectivity index (χ0n) is 7.59. The zero-order valence-corrected chi connectivity index (χ0v) is 7.59. The Labute approximate surface area is 67.7 Å². The summed E-state index contributed by atoms with van der Waals surface area (Å²) in [5.74, 6) is 0.229. The van der Waals surface area contributed by atoms with Gasteiger partial charge in [-0.2, -0.15) is 0 Å². The van der Waals surface area contributed by atoms with E-state index in [1.54, 1.807) is 7.11 Å². The van der Waals surface area contributed by atoms with Gasteiger partial charge in [-0.05, 0) is 0 Å². The number of aliphatic hydroxyl groups is 1. The van der Waals surface area contributed by atoms with Crippen LogP contribution in [0.25, 0.3) is 0 Å². The van der Waals surface area contributed by atoms with Gasteiger partial charge in [0.15, 0.2) is 0 Å². The normalized spacial score (nSPS) is 42.8. The van der Waals surface area contributed by atoms with Crippen molar-refractivity contribution in [3.05, 3.63) is 0 Å². The molecule has 1 aliphatic heterocycles. The van der Waals surface area contributed by atoms with E-state index in [4.69, 9.17) is 4.74 Å². The first-order valence-electron chi connectivity index (χ1n) is 3.97. The van der Waals surface area contributed by atoms with Crippen molar-refractivity contribution in [1.29, 1.82) is 0 Å². The number of methoxy groups -OCH3 is 1. The second-order valence-electron chi connectivity index (χ2n) is 3.84. The van der Waals surface area contributed by atoms with Gasteiger partial charge in [-0.15, -0.1) is 0 Å². The molecule has 0 saturated carbocycles. The third kappa shape index (κ3) is 1.28. The lowest BCUT2D eigenvalue weighted by Crippen LogP contribution is -2.36. The first kappa shape index (κ1) is 8.97. The van der Waals surface area contributed by atoms with E-state index in [1.807, 2.05) is 6.92 Å². The summed E-state index contributed by atoms with van der Waals surface area (Å²) in [6, 6.07) is 0. The van der Waals surface area contributed by atoms with Crippen molar-refractivity contribution in [2.24, 2.45) is 11.3 Å². The van der Waals surface area contributed by atoms with Crippen LogP contribution in [0.2, 0.25) is 0 Å². The van der Waals surface area contributed by atoms with Crippen LogP contribution in [0, 0.1) is 11.3 Å². The molecule has 3 unspecified atom stereocenters. The van der Waals surface area contributed by atoms with Gasteiger partial charge in [0.1, 0.15) is 12.5 Å². The summed E-state index contributed by atoms with van der Waals surface area (Å²) in [5, 5.41) is 12.4. The molecule has 1 saturated heterocycles. The van der Waals surface area contributed by atoms with Gasteiger partial charge >= 0.3 is 0 Å². The highest BCUT2D eigenvalue weighted by atomic mass is 16.5. The van der Waals surface area contributed by atoms with E-state index in [0.717, 1.165) is 0 Å². The molecule has 0 aromatic rings. The number of nitrogens with one attached hydrogen (secondary N) is 1. The average molecular weight is 159 g/mol. The van der Waals surface area contributed by atoms with Crippen molar-refractivity contribution in [1.82, 2.24) is 5.32 Å². The lowest BCUT2D eigenvalue weighted by molar-refractivity contribution is 0.00257. The first-order chi connectivity index (χ1) is 5.00. The van der Waals surface area contributed by atoms with E-state index in [-0.39, 0.29) is 17.6 Å². The summed E-state index contributed by atoms with van der Waals surface area (Å²) in [4.78, 5) is 0. The van der Waals surface area contributed by atoms with Gasteiger partial charge in [-0.3, -0.25) is 5.32 Å². The van der Waals surface area contributed by atoms with Crippen molar-refractivity contribution in [3.63, 3.8) is 0 Å². The molecule has 1 aliphatic rings. The maximum atomic E-state index is 9.44. The molecular weight excluding hydrogens is 142 g/mol. The molecule has 1 heterocycles. The van der Waals surface area contributed by atoms with Crippen LogP contribution < -0.4 is 5.32 Å². The number of rotatable bonds is 1. The Balaban J connectivity index is 2.74. The molecule has 0 radical (unpaired) electrons. The molecule has 0 aromatic carbocycles. The fourth-order valence-electron chi connectivity index (χ4n) is 1.53. The van der Waals surface area contributed by atoms with Crippen LogP contribution in [-0.2, 0) is 4.74 Å². The highest BCUT2D eigenvalue weighted by Crippen LogP contribution is 2.38. The van der Waals surface area contributed by atoms with Gasteiger partial charge in [-0.1, -0.05) is 20.8 Å². The Kier molecular flexibility index (Phi) is 2.23. The molecule has 11 heavy (non-hydrogen) atoms. The third-order valence-corrected chi connectivity index (χ3v) is 2.88. The molecule has 0 bridgehead atoms. The Hall–Kier alpha value is -0.120. The van der Waals surface area contributed by atoms with Gasteiger partial charge in [0.25, 0.3) is 0 Å². The number of hydrogen-bond donors (Lipinski definition) is 2. The van der Waals surface area contributed by atoms with Crippen LogP contribution in [0.5, 0.6) is 0 Å². The summed E-state index contributed by atoms with van der Waals surface area (Å²) >= 11 is 0. The van der Waals surface area contributed by atoms with Gasteiger partial charge in [-0.25, -0.2) is 0 Å². The van der Waals surface area contributed by atoms with Crippen LogP contribution in [0.3, 0.4) is 0 Å². The molecule has 3 nitrogen and oxygen atoms in total. The first-order valence-corrected chi connectivity index (χ1v) is 3.97. The summed E-state index contributed by atoms with van der Waals surface area (Å²) < 4.78 is 5.20. The number of aliphatic hydroxyl groups excluding tert-OH is 1. The second kappa shape index (κ2) is 2.73. The largest absolute Gasteiger partial charge is 0.378 e. The lowest BCUT2D eigenvalue weighted by Gasteiger charge is -2.28. The van der Waals surface area contributed by atoms with E-state index in [0.29, 0.717) is 0 Å². The maximum Gasteiger partial charge on any atom is 0.115 e. The van der Waals surface area contributed by atoms with Gasteiger partial charge < -0.3 is 9.84 Å². The number of hydrogen-bond acceptors (Lipinski definition) is 3. The molecule has 3 heteroatoms. The highest BCUT2D eigenvalue weighted by molar-refractivity contribution is 4.92. The molecule has 66 valence electrons. The summed E-state index contributed by atoms with van der Waals surface area (Å²) in [6.07, 6.45) is -0.470. The standard InChI is InChI=1S/C8H17NO2/c1-5-6(10)9-7(11-4)8(5,2)3/h5-7,9-10H,1-4H3. The van der Waals surface area contributed by atoms with E-state index < -0.39 is 6.23 Å². The monoisotopic (exact) mass is 159 g/mol. The summed E-state index contributed by atoms with van der Waals surface area (Å²) in [6.45, 7) is 6.21. The molecule has 1 rings (SSSR count). The van der Waals surface area contributed by atoms with E-state index in [2.05, 4.69) is 19.2 Å². The molecule has 0 aliphatic carbocycles. The summed E-state index contributed by atoms with van der Waals surface area (Å²) in [5.41, 5.74) is 0.00810. The van der Waals surface area contributed by atoms with Crippen LogP contribution in [-0.4, -0.2) is 24.7 Å². The molecular formula is C8H17NO2. The van der Waals surface area contributed by atoms with Gasteiger partial charge in [0.2, 0.25) is 0 Å². The quantitative estimate of drug-likeness (QED) is 0.587. The van der Waals surface area contributed by atoms with Gasteiger partial charge in [0, 0.05) is 18.4 Å². The van der Waals surface area contributed by atoms with E-state index >= 15 is 0 Å². The SMILES string of the molecule is COC1NC(O)C(C)C1(C)C. The smallest absolute Gasteiger partial charge is 0.115 e. The second-order valence-corrected chi connectivity index (χ2v) is 3.84. The Morgan fingerprint density at radius 2 is 2.00 bits per heavy atom. The Morgan fingerprint density at radius 1 is 1.45 bits per heavy atom. The molecule has 1 fully saturated rings. The van der Waals surface area contributed by atoms with Crippen molar-refractivity contribution in [2.45, 2.75) is 33.2 Å². The molecule has 0 aromatic heterocycles. The van der Waals surface area contributed by atoms with E-state index in [1.165, 1.54) is 0 Å². The maximum absolute atomic E-state index is 9.44. The van der Waals surface area contributed by atoms with E-state index in [9.17, 15) is 5.11 Å². The Bertz CT molecular complexity index is 147. The van der Waals surface area contributed by atoms with Crippen molar-refractivity contribution in [2.75, 3.05) is 7.11 Å². The molecule has 2 N–H and O–H groups in total. The number of ether oxygens (including phenoxy) is 1. The predicted octanol–water partition coefficient (Wildman–Crippen LogP) is 0.543. The molecule has 3 atom stereocenters. The van der Waals surface area contributed by atoms with Crippen molar-refractivity contribution < 1.29 is 9.84 Å². The van der Waals surface area contributed by atoms with Crippen LogP contribution in [0.1, 0.15) is 20.8 Å². The topological polar surface area (TPSA) is 41.5 Å². The fourth-order valence-corrected chi connectivity index (χ4v) is 1.53. The fraction of sp³-hybridized carbons (Fsp3) is 1.00. The minimum absolute atomic E-state index is 0.00810. The molecule has 0 spiro atoms. The van der Waals surface area contributed by atoms with Crippen molar-refractivity contribution in [3.8, 4) is 0 Å².